The highest BCUT2D eigenvalue weighted by Crippen LogP contribution is 2.29. The van der Waals surface area contributed by atoms with Crippen LogP contribution in [-0.4, -0.2) is 27.8 Å². The molecule has 2 aromatic heterocycles. The third kappa shape index (κ3) is 2.72. The predicted molar refractivity (Wildman–Crippen MR) is 91.7 cm³/mol. The van der Waals surface area contributed by atoms with Gasteiger partial charge in [-0.25, -0.2) is 9.31 Å². The number of anilines is 2. The van der Waals surface area contributed by atoms with E-state index >= 15 is 0 Å². The second-order valence-electron chi connectivity index (χ2n) is 5.63. The van der Waals surface area contributed by atoms with Crippen LogP contribution in [0.4, 0.5) is 11.4 Å². The van der Waals surface area contributed by atoms with Gasteiger partial charge < -0.3 is 15.2 Å². The Labute approximate surface area is 139 Å². The van der Waals surface area contributed by atoms with E-state index < -0.39 is 0 Å². The molecule has 6 nitrogen and oxygen atoms in total. The van der Waals surface area contributed by atoms with Crippen LogP contribution in [0.3, 0.4) is 0 Å². The second kappa shape index (κ2) is 6.33. The van der Waals surface area contributed by atoms with Crippen LogP contribution < -0.4 is 5.32 Å². The summed E-state index contributed by atoms with van der Waals surface area (Å²) in [5.41, 5.74) is 5.71. The zero-order valence-corrected chi connectivity index (χ0v) is 13.8. The van der Waals surface area contributed by atoms with Gasteiger partial charge in [0.05, 0.1) is 30.5 Å². The van der Waals surface area contributed by atoms with Crippen molar-refractivity contribution in [2.75, 3.05) is 12.4 Å². The average Bonchev–Trinajstić information content (AvgIpc) is 2.94. The van der Waals surface area contributed by atoms with E-state index in [9.17, 15) is 9.90 Å². The standard InChI is InChI=1S/C18H19N3O3/c1-11-4-5-13(10-22)8-16(11)20-15-6-7-19-21-9-14(18(23)24-3)12(2)17(15)21/h4-9,20,22H,10H2,1-3H3. The number of fused-ring (bicyclic) bond motifs is 1. The van der Waals surface area contributed by atoms with Crippen LogP contribution in [0.15, 0.2) is 36.7 Å². The largest absolute Gasteiger partial charge is 0.465 e. The van der Waals surface area contributed by atoms with Crippen LogP contribution in [-0.2, 0) is 11.3 Å². The summed E-state index contributed by atoms with van der Waals surface area (Å²) < 4.78 is 6.49. The van der Waals surface area contributed by atoms with Crippen LogP contribution in [0.1, 0.15) is 27.0 Å². The molecule has 124 valence electrons. The van der Waals surface area contributed by atoms with E-state index in [2.05, 4.69) is 10.4 Å². The van der Waals surface area contributed by atoms with Gasteiger partial charge in [-0.2, -0.15) is 5.10 Å². The molecule has 3 rings (SSSR count). The zero-order chi connectivity index (χ0) is 17.3. The number of nitrogens with one attached hydrogen (secondary N) is 1. The molecule has 0 amide bonds. The number of ether oxygens (including phenoxy) is 1. The Bertz CT molecular complexity index is 915. The van der Waals surface area contributed by atoms with Gasteiger partial charge >= 0.3 is 5.97 Å². The number of methoxy groups -OCH3 is 1. The van der Waals surface area contributed by atoms with Gasteiger partial charge in [0.25, 0.3) is 0 Å². The highest BCUT2D eigenvalue weighted by molar-refractivity contribution is 5.96. The van der Waals surface area contributed by atoms with Crippen molar-refractivity contribution in [3.8, 4) is 0 Å². The van der Waals surface area contributed by atoms with E-state index in [1.54, 1.807) is 16.9 Å². The van der Waals surface area contributed by atoms with Crippen molar-refractivity contribution < 1.29 is 14.6 Å². The summed E-state index contributed by atoms with van der Waals surface area (Å²) in [4.78, 5) is 11.9. The van der Waals surface area contributed by atoms with Crippen LogP contribution >= 0.6 is 0 Å². The number of benzene rings is 1. The fraction of sp³-hybridized carbons (Fsp3) is 0.222. The third-order valence-corrected chi connectivity index (χ3v) is 4.09. The molecular formula is C18H19N3O3. The summed E-state index contributed by atoms with van der Waals surface area (Å²) in [7, 11) is 1.36. The van der Waals surface area contributed by atoms with E-state index in [-0.39, 0.29) is 12.6 Å². The molecular weight excluding hydrogens is 306 g/mol. The molecule has 2 N–H and O–H groups in total. The van der Waals surface area contributed by atoms with Gasteiger partial charge in [0.15, 0.2) is 0 Å². The molecule has 0 radical (unpaired) electrons. The molecule has 6 heteroatoms. The lowest BCUT2D eigenvalue weighted by atomic mass is 10.1. The van der Waals surface area contributed by atoms with Crippen LogP contribution in [0.5, 0.6) is 0 Å². The van der Waals surface area contributed by atoms with E-state index in [1.165, 1.54) is 7.11 Å². The average molecular weight is 325 g/mol. The Balaban J connectivity index is 2.10. The summed E-state index contributed by atoms with van der Waals surface area (Å²) in [5, 5.41) is 17.0. The minimum atomic E-state index is -0.387. The Hall–Kier alpha value is -2.86. The lowest BCUT2D eigenvalue weighted by Gasteiger charge is -2.12. The number of aliphatic hydroxyl groups excluding tert-OH is 1. The number of aliphatic hydroxyl groups is 1. The number of hydrogen-bond donors (Lipinski definition) is 2. The monoisotopic (exact) mass is 325 g/mol. The summed E-state index contributed by atoms with van der Waals surface area (Å²) in [6.45, 7) is 3.84. The topological polar surface area (TPSA) is 75.9 Å². The molecule has 0 saturated heterocycles. The summed E-state index contributed by atoms with van der Waals surface area (Å²) in [6, 6.07) is 7.61. The van der Waals surface area contributed by atoms with E-state index in [0.717, 1.165) is 33.6 Å². The molecule has 0 spiro atoms. The molecule has 0 fully saturated rings. The van der Waals surface area contributed by atoms with Crippen molar-refractivity contribution in [1.82, 2.24) is 9.61 Å². The quantitative estimate of drug-likeness (QED) is 0.721. The van der Waals surface area contributed by atoms with Gasteiger partial charge in [-0.3, -0.25) is 0 Å². The first-order valence-corrected chi connectivity index (χ1v) is 7.57. The van der Waals surface area contributed by atoms with Gasteiger partial charge in [-0.05, 0) is 42.7 Å². The normalized spacial score (nSPS) is 10.8. The number of hydrogen-bond acceptors (Lipinski definition) is 5. The van der Waals surface area contributed by atoms with Gasteiger partial charge in [0.2, 0.25) is 0 Å². The second-order valence-corrected chi connectivity index (χ2v) is 5.63. The molecule has 0 atom stereocenters. The highest BCUT2D eigenvalue weighted by Gasteiger charge is 2.17. The van der Waals surface area contributed by atoms with E-state index in [0.29, 0.717) is 5.56 Å². The van der Waals surface area contributed by atoms with Crippen molar-refractivity contribution in [1.29, 1.82) is 0 Å². The van der Waals surface area contributed by atoms with Crippen molar-refractivity contribution in [2.24, 2.45) is 0 Å². The number of carbonyl (C=O) groups is 1. The van der Waals surface area contributed by atoms with Crippen molar-refractivity contribution in [3.05, 3.63) is 58.9 Å². The van der Waals surface area contributed by atoms with Crippen LogP contribution in [0.25, 0.3) is 5.52 Å². The molecule has 0 saturated carbocycles. The predicted octanol–water partition coefficient (Wildman–Crippen LogP) is 2.97. The Morgan fingerprint density at radius 3 is 2.79 bits per heavy atom. The summed E-state index contributed by atoms with van der Waals surface area (Å²) in [6.07, 6.45) is 3.33. The smallest absolute Gasteiger partial charge is 0.339 e. The highest BCUT2D eigenvalue weighted by atomic mass is 16.5. The molecule has 2 heterocycles. The molecule has 0 unspecified atom stereocenters. The minimum absolute atomic E-state index is 0.0165. The number of nitrogens with zero attached hydrogens (tertiary/aromatic N) is 2. The van der Waals surface area contributed by atoms with Gasteiger partial charge in [-0.1, -0.05) is 12.1 Å². The van der Waals surface area contributed by atoms with Gasteiger partial charge in [-0.15, -0.1) is 0 Å². The molecule has 1 aromatic carbocycles. The minimum Gasteiger partial charge on any atom is -0.465 e. The van der Waals surface area contributed by atoms with Crippen LogP contribution in [0, 0.1) is 13.8 Å². The molecule has 0 aliphatic heterocycles. The number of aromatic nitrogens is 2. The molecule has 0 aliphatic carbocycles. The SMILES string of the molecule is COC(=O)c1cn2nccc(Nc3cc(CO)ccc3C)c2c1C. The first-order chi connectivity index (χ1) is 11.5. The van der Waals surface area contributed by atoms with Crippen molar-refractivity contribution in [3.63, 3.8) is 0 Å². The van der Waals surface area contributed by atoms with E-state index in [4.69, 9.17) is 4.74 Å². The zero-order valence-electron chi connectivity index (χ0n) is 13.8. The van der Waals surface area contributed by atoms with Crippen LogP contribution in [0.2, 0.25) is 0 Å². The third-order valence-electron chi connectivity index (χ3n) is 4.09. The fourth-order valence-electron chi connectivity index (χ4n) is 2.72. The number of rotatable bonds is 4. The van der Waals surface area contributed by atoms with Crippen molar-refractivity contribution >= 4 is 22.9 Å². The molecule has 0 bridgehead atoms. The lowest BCUT2D eigenvalue weighted by Crippen LogP contribution is -2.01. The van der Waals surface area contributed by atoms with Gasteiger partial charge in [0, 0.05) is 18.1 Å². The Morgan fingerprint density at radius 1 is 1.29 bits per heavy atom. The lowest BCUT2D eigenvalue weighted by molar-refractivity contribution is 0.0600. The first kappa shape index (κ1) is 16.0. The molecule has 0 aliphatic rings. The maximum atomic E-state index is 11.9. The number of aryl methyl sites for hydroxylation is 2. The Kier molecular flexibility index (Phi) is 4.22. The van der Waals surface area contributed by atoms with Gasteiger partial charge in [0.1, 0.15) is 0 Å². The summed E-state index contributed by atoms with van der Waals surface area (Å²) in [5.74, 6) is -0.387. The van der Waals surface area contributed by atoms with E-state index in [1.807, 2.05) is 38.1 Å². The fourth-order valence-corrected chi connectivity index (χ4v) is 2.72. The summed E-state index contributed by atoms with van der Waals surface area (Å²) >= 11 is 0. The molecule has 24 heavy (non-hydrogen) atoms. The maximum Gasteiger partial charge on any atom is 0.339 e. The number of carbonyl (C=O) groups excluding carboxylic acids is 1. The molecule has 3 aromatic rings. The van der Waals surface area contributed by atoms with Crippen molar-refractivity contribution in [2.45, 2.75) is 20.5 Å². The number of esters is 1. The first-order valence-electron chi connectivity index (χ1n) is 7.57. The Morgan fingerprint density at radius 2 is 2.08 bits per heavy atom. The maximum absolute atomic E-state index is 11.9.